The Kier molecular flexibility index (Phi) is 5.66. The number of rotatable bonds is 5. The number of sulfonamides is 1. The monoisotopic (exact) mass is 416 g/mol. The van der Waals surface area contributed by atoms with Crippen LogP contribution in [0.4, 0.5) is 0 Å². The molecule has 4 rings (SSSR count). The minimum absolute atomic E-state index is 0.241. The molecule has 156 valence electrons. The zero-order chi connectivity index (χ0) is 20.5. The standard InChI is InChI=1S/C22H28N2O4S/c1-18-6-5-7-19(14-18)15-23-11-10-22(16-23)17-24(12-13-27-2)29(25,26)21-9-4-3-8-20(21)28-22/h3-9,14H,10-13,15-17H2,1-2H3/t22-/m1/s1. The lowest BCUT2D eigenvalue weighted by atomic mass is 10.0. The second kappa shape index (κ2) is 8.07. The summed E-state index contributed by atoms with van der Waals surface area (Å²) in [4.78, 5) is 2.59. The fourth-order valence-electron chi connectivity index (χ4n) is 4.29. The van der Waals surface area contributed by atoms with E-state index in [0.29, 0.717) is 32.0 Å². The number of nitrogens with zero attached hydrogens (tertiary/aromatic N) is 2. The Balaban J connectivity index is 1.62. The van der Waals surface area contributed by atoms with E-state index in [1.54, 1.807) is 25.3 Å². The molecule has 2 aromatic carbocycles. The minimum Gasteiger partial charge on any atom is -0.483 e. The summed E-state index contributed by atoms with van der Waals surface area (Å²) < 4.78 is 39.7. The zero-order valence-electron chi connectivity index (χ0n) is 17.0. The molecule has 0 aromatic heterocycles. The third-order valence-corrected chi connectivity index (χ3v) is 7.57. The van der Waals surface area contributed by atoms with Crippen molar-refractivity contribution in [2.24, 2.45) is 0 Å². The molecule has 6 nitrogen and oxygen atoms in total. The van der Waals surface area contributed by atoms with E-state index in [-0.39, 0.29) is 4.90 Å². The van der Waals surface area contributed by atoms with Crippen molar-refractivity contribution in [3.05, 3.63) is 59.7 Å². The number of methoxy groups -OCH3 is 1. The molecule has 1 spiro atoms. The Labute approximate surface area is 173 Å². The van der Waals surface area contributed by atoms with Crippen LogP contribution >= 0.6 is 0 Å². The molecule has 2 aliphatic rings. The SMILES string of the molecule is COCCN1C[C@]2(CCN(Cc3cccc(C)c3)C2)Oc2ccccc2S1(=O)=O. The highest BCUT2D eigenvalue weighted by atomic mass is 32.2. The third-order valence-electron chi connectivity index (χ3n) is 5.69. The molecule has 2 aromatic rings. The zero-order valence-corrected chi connectivity index (χ0v) is 17.8. The van der Waals surface area contributed by atoms with Crippen molar-refractivity contribution in [3.8, 4) is 5.75 Å². The first-order valence-electron chi connectivity index (χ1n) is 9.97. The van der Waals surface area contributed by atoms with E-state index in [4.69, 9.17) is 9.47 Å². The summed E-state index contributed by atoms with van der Waals surface area (Å²) in [5, 5.41) is 0. The van der Waals surface area contributed by atoms with E-state index in [1.165, 1.54) is 15.4 Å². The molecule has 2 heterocycles. The average molecular weight is 417 g/mol. The van der Waals surface area contributed by atoms with Crippen molar-refractivity contribution in [2.45, 2.75) is 30.4 Å². The van der Waals surface area contributed by atoms with Gasteiger partial charge in [-0.05, 0) is 24.6 Å². The molecule has 1 fully saturated rings. The van der Waals surface area contributed by atoms with Gasteiger partial charge in [0, 0.05) is 39.7 Å². The first-order valence-corrected chi connectivity index (χ1v) is 11.4. The first-order chi connectivity index (χ1) is 13.9. The van der Waals surface area contributed by atoms with Crippen LogP contribution < -0.4 is 4.74 Å². The van der Waals surface area contributed by atoms with E-state index in [0.717, 1.165) is 19.5 Å². The molecular formula is C22H28N2O4S. The maximum Gasteiger partial charge on any atom is 0.246 e. The quantitative estimate of drug-likeness (QED) is 0.750. The normalized spacial score (nSPS) is 24.2. The fourth-order valence-corrected chi connectivity index (χ4v) is 5.91. The summed E-state index contributed by atoms with van der Waals surface area (Å²) in [7, 11) is -2.04. The average Bonchev–Trinajstić information content (AvgIpc) is 3.03. The van der Waals surface area contributed by atoms with Crippen LogP contribution in [-0.4, -0.2) is 63.1 Å². The van der Waals surface area contributed by atoms with Crippen molar-refractivity contribution >= 4 is 10.0 Å². The van der Waals surface area contributed by atoms with E-state index in [9.17, 15) is 8.42 Å². The highest BCUT2D eigenvalue weighted by Crippen LogP contribution is 2.38. The molecule has 2 aliphatic heterocycles. The van der Waals surface area contributed by atoms with Gasteiger partial charge < -0.3 is 9.47 Å². The van der Waals surface area contributed by atoms with Gasteiger partial charge in [-0.25, -0.2) is 8.42 Å². The summed E-state index contributed by atoms with van der Waals surface area (Å²) in [6.07, 6.45) is 0.784. The summed E-state index contributed by atoms with van der Waals surface area (Å²) >= 11 is 0. The summed E-state index contributed by atoms with van der Waals surface area (Å²) in [5.74, 6) is 0.449. The smallest absolute Gasteiger partial charge is 0.246 e. The molecule has 0 unspecified atom stereocenters. The lowest BCUT2D eigenvalue weighted by Crippen LogP contribution is -2.49. The lowest BCUT2D eigenvalue weighted by molar-refractivity contribution is 0.0533. The van der Waals surface area contributed by atoms with Crippen LogP contribution in [0.25, 0.3) is 0 Å². The molecule has 0 aliphatic carbocycles. The van der Waals surface area contributed by atoms with Crippen LogP contribution in [0.5, 0.6) is 5.75 Å². The van der Waals surface area contributed by atoms with Gasteiger partial charge in [0.2, 0.25) is 10.0 Å². The van der Waals surface area contributed by atoms with E-state index >= 15 is 0 Å². The molecule has 1 saturated heterocycles. The van der Waals surface area contributed by atoms with Gasteiger partial charge in [0.15, 0.2) is 0 Å². The van der Waals surface area contributed by atoms with Crippen LogP contribution in [0.15, 0.2) is 53.4 Å². The predicted octanol–water partition coefficient (Wildman–Crippen LogP) is 2.67. The third kappa shape index (κ3) is 4.19. The molecular weight excluding hydrogens is 388 g/mol. The topological polar surface area (TPSA) is 59.1 Å². The van der Waals surface area contributed by atoms with Crippen LogP contribution in [-0.2, 0) is 21.3 Å². The highest BCUT2D eigenvalue weighted by Gasteiger charge is 2.47. The number of para-hydroxylation sites is 1. The Hall–Kier alpha value is -1.93. The number of likely N-dealkylation sites (tertiary alicyclic amines) is 1. The molecule has 0 bridgehead atoms. The van der Waals surface area contributed by atoms with Crippen molar-refractivity contribution in [1.82, 2.24) is 9.21 Å². The van der Waals surface area contributed by atoms with Crippen LogP contribution in [0.2, 0.25) is 0 Å². The molecule has 1 atom stereocenters. The molecule has 0 saturated carbocycles. The van der Waals surface area contributed by atoms with E-state index < -0.39 is 15.6 Å². The maximum atomic E-state index is 13.3. The van der Waals surface area contributed by atoms with E-state index in [1.807, 2.05) is 6.07 Å². The van der Waals surface area contributed by atoms with Gasteiger partial charge in [-0.3, -0.25) is 4.90 Å². The van der Waals surface area contributed by atoms with Crippen molar-refractivity contribution in [1.29, 1.82) is 0 Å². The van der Waals surface area contributed by atoms with Gasteiger partial charge in [0.05, 0.1) is 13.2 Å². The molecule has 0 amide bonds. The molecule has 0 N–H and O–H groups in total. The van der Waals surface area contributed by atoms with Crippen LogP contribution in [0.1, 0.15) is 17.5 Å². The van der Waals surface area contributed by atoms with Crippen molar-refractivity contribution < 1.29 is 17.9 Å². The molecule has 29 heavy (non-hydrogen) atoms. The fraction of sp³-hybridized carbons (Fsp3) is 0.455. The summed E-state index contributed by atoms with van der Waals surface area (Å²) in [6, 6.07) is 15.5. The number of aryl methyl sites for hydroxylation is 1. The molecule has 7 heteroatoms. The van der Waals surface area contributed by atoms with Gasteiger partial charge in [-0.1, -0.05) is 42.0 Å². The Bertz CT molecular complexity index is 978. The van der Waals surface area contributed by atoms with Gasteiger partial charge in [-0.2, -0.15) is 4.31 Å². The molecule has 0 radical (unpaired) electrons. The van der Waals surface area contributed by atoms with Gasteiger partial charge in [0.25, 0.3) is 0 Å². The van der Waals surface area contributed by atoms with Gasteiger partial charge in [-0.15, -0.1) is 0 Å². The number of benzene rings is 2. The summed E-state index contributed by atoms with van der Waals surface area (Å²) in [5.41, 5.74) is 1.95. The second-order valence-electron chi connectivity index (χ2n) is 8.01. The number of ether oxygens (including phenoxy) is 2. The van der Waals surface area contributed by atoms with Gasteiger partial charge in [0.1, 0.15) is 16.2 Å². The van der Waals surface area contributed by atoms with Crippen LogP contribution in [0.3, 0.4) is 0 Å². The van der Waals surface area contributed by atoms with Crippen molar-refractivity contribution in [3.63, 3.8) is 0 Å². The van der Waals surface area contributed by atoms with Crippen LogP contribution in [0, 0.1) is 6.92 Å². The second-order valence-corrected chi connectivity index (χ2v) is 9.92. The number of hydrogen-bond donors (Lipinski definition) is 0. The Morgan fingerprint density at radius 1 is 1.14 bits per heavy atom. The number of hydrogen-bond acceptors (Lipinski definition) is 5. The summed E-state index contributed by atoms with van der Waals surface area (Å²) in [6.45, 7) is 5.49. The largest absolute Gasteiger partial charge is 0.483 e. The van der Waals surface area contributed by atoms with Gasteiger partial charge >= 0.3 is 0 Å². The maximum absolute atomic E-state index is 13.3. The Morgan fingerprint density at radius 2 is 1.97 bits per heavy atom. The first kappa shape index (κ1) is 20.3. The Morgan fingerprint density at radius 3 is 2.76 bits per heavy atom. The lowest BCUT2D eigenvalue weighted by Gasteiger charge is -2.32. The number of fused-ring (bicyclic) bond motifs is 1. The predicted molar refractivity (Wildman–Crippen MR) is 112 cm³/mol. The van der Waals surface area contributed by atoms with E-state index in [2.05, 4.69) is 36.1 Å². The highest BCUT2D eigenvalue weighted by molar-refractivity contribution is 7.89. The minimum atomic E-state index is -3.63. The van der Waals surface area contributed by atoms with Crippen molar-refractivity contribution in [2.75, 3.05) is 39.9 Å².